The molecule has 1 amide bonds. The number of ether oxygens (including phenoxy) is 1. The maximum Gasteiger partial charge on any atom is 0.257 e. The summed E-state index contributed by atoms with van der Waals surface area (Å²) in [5, 5.41) is 3.89. The van der Waals surface area contributed by atoms with Gasteiger partial charge in [-0.3, -0.25) is 4.79 Å². The molecule has 0 radical (unpaired) electrons. The molecule has 0 aromatic heterocycles. The number of anilines is 2. The number of hydrogen-bond acceptors (Lipinski definition) is 5. The van der Waals surface area contributed by atoms with Crippen LogP contribution in [-0.4, -0.2) is 51.9 Å². The minimum absolute atomic E-state index is 0.0482. The smallest absolute Gasteiger partial charge is 0.257 e. The van der Waals surface area contributed by atoms with E-state index in [1.54, 1.807) is 12.1 Å². The van der Waals surface area contributed by atoms with Crippen LogP contribution in [0.15, 0.2) is 65.6 Å². The molecule has 4 rings (SSSR count). The molecule has 3 aromatic rings. The van der Waals surface area contributed by atoms with Gasteiger partial charge in [-0.25, -0.2) is 8.42 Å². The van der Waals surface area contributed by atoms with Crippen molar-refractivity contribution in [1.29, 1.82) is 0 Å². The molecule has 0 unspecified atom stereocenters. The van der Waals surface area contributed by atoms with Crippen LogP contribution in [0.25, 0.3) is 0 Å². The van der Waals surface area contributed by atoms with Gasteiger partial charge in [0.1, 0.15) is 5.75 Å². The first kappa shape index (κ1) is 25.6. The van der Waals surface area contributed by atoms with E-state index in [0.29, 0.717) is 42.0 Å². The number of carbonyl (C=O) groups is 1. The van der Waals surface area contributed by atoms with Crippen molar-refractivity contribution in [2.45, 2.75) is 4.90 Å². The van der Waals surface area contributed by atoms with Crippen molar-refractivity contribution in [2.24, 2.45) is 0 Å². The maximum absolute atomic E-state index is 13.4. The number of nitrogens with zero attached hydrogens (tertiary/aromatic N) is 2. The maximum atomic E-state index is 13.4. The van der Waals surface area contributed by atoms with Crippen LogP contribution in [0.1, 0.15) is 10.4 Å². The van der Waals surface area contributed by atoms with Gasteiger partial charge in [0, 0.05) is 41.9 Å². The van der Waals surface area contributed by atoms with Gasteiger partial charge in [0.25, 0.3) is 5.91 Å². The highest BCUT2D eigenvalue weighted by atomic mass is 35.5. The van der Waals surface area contributed by atoms with E-state index in [1.807, 2.05) is 18.2 Å². The van der Waals surface area contributed by atoms with Crippen molar-refractivity contribution in [2.75, 3.05) is 43.5 Å². The number of benzene rings is 3. The van der Waals surface area contributed by atoms with Crippen LogP contribution in [0.4, 0.5) is 11.4 Å². The van der Waals surface area contributed by atoms with Gasteiger partial charge in [0.15, 0.2) is 0 Å². The van der Waals surface area contributed by atoms with E-state index >= 15 is 0 Å². The number of piperazine rings is 1. The molecule has 7 nitrogen and oxygen atoms in total. The molecular formula is C24H22Cl3N3O4S. The van der Waals surface area contributed by atoms with Gasteiger partial charge in [-0.05, 0) is 54.6 Å². The van der Waals surface area contributed by atoms with Crippen LogP contribution in [0.3, 0.4) is 0 Å². The van der Waals surface area contributed by atoms with Crippen molar-refractivity contribution >= 4 is 62.1 Å². The Hall–Kier alpha value is -2.49. The van der Waals surface area contributed by atoms with E-state index in [2.05, 4.69) is 10.2 Å². The monoisotopic (exact) mass is 553 g/mol. The fourth-order valence-electron chi connectivity index (χ4n) is 3.82. The molecule has 3 aromatic carbocycles. The topological polar surface area (TPSA) is 79.0 Å². The van der Waals surface area contributed by atoms with Gasteiger partial charge in [-0.2, -0.15) is 4.31 Å². The lowest BCUT2D eigenvalue weighted by atomic mass is 10.2. The Kier molecular flexibility index (Phi) is 7.78. The summed E-state index contributed by atoms with van der Waals surface area (Å²) < 4.78 is 33.5. The van der Waals surface area contributed by atoms with Crippen molar-refractivity contribution in [3.05, 3.63) is 81.3 Å². The molecule has 1 saturated heterocycles. The first-order chi connectivity index (χ1) is 16.7. The van der Waals surface area contributed by atoms with E-state index in [-0.39, 0.29) is 21.2 Å². The van der Waals surface area contributed by atoms with E-state index in [1.165, 1.54) is 41.7 Å². The summed E-state index contributed by atoms with van der Waals surface area (Å²) in [6.45, 7) is 1.66. The van der Waals surface area contributed by atoms with Crippen LogP contribution in [0, 0.1) is 0 Å². The standard InChI is InChI=1S/C24H22Cl3N3O4S/c1-34-23-8-6-19(15-22(23)28-24(31)20-7-5-17(26)14-21(20)27)35(32,33)30-11-9-29(10-12-30)18-4-2-3-16(25)13-18/h2-8,13-15H,9-12H2,1H3,(H,28,31). The average Bonchev–Trinajstić information content (AvgIpc) is 2.84. The number of carbonyl (C=O) groups excluding carboxylic acids is 1. The molecule has 0 atom stereocenters. The Morgan fingerprint density at radius 3 is 2.29 bits per heavy atom. The molecule has 35 heavy (non-hydrogen) atoms. The molecule has 0 aliphatic carbocycles. The van der Waals surface area contributed by atoms with Crippen LogP contribution in [0.5, 0.6) is 5.75 Å². The quantitative estimate of drug-likeness (QED) is 0.440. The predicted molar refractivity (Wildman–Crippen MR) is 140 cm³/mol. The molecule has 1 heterocycles. The second-order valence-electron chi connectivity index (χ2n) is 7.81. The summed E-state index contributed by atoms with van der Waals surface area (Å²) in [6, 6.07) is 16.3. The van der Waals surface area contributed by atoms with Crippen LogP contribution in [0.2, 0.25) is 15.1 Å². The van der Waals surface area contributed by atoms with Gasteiger partial charge in [0.05, 0.1) is 28.3 Å². The summed E-state index contributed by atoms with van der Waals surface area (Å²) in [7, 11) is -2.37. The summed E-state index contributed by atoms with van der Waals surface area (Å²) in [5.41, 5.74) is 1.36. The molecule has 11 heteroatoms. The van der Waals surface area contributed by atoms with Crippen molar-refractivity contribution < 1.29 is 17.9 Å². The minimum Gasteiger partial charge on any atom is -0.495 e. The second-order valence-corrected chi connectivity index (χ2v) is 11.0. The van der Waals surface area contributed by atoms with Crippen LogP contribution >= 0.6 is 34.8 Å². The van der Waals surface area contributed by atoms with Gasteiger partial charge < -0.3 is 15.0 Å². The predicted octanol–water partition coefficient (Wildman–Crippen LogP) is 5.42. The van der Waals surface area contributed by atoms with Gasteiger partial charge in [0.2, 0.25) is 10.0 Å². The zero-order valence-electron chi connectivity index (χ0n) is 18.7. The summed E-state index contributed by atoms with van der Waals surface area (Å²) in [4.78, 5) is 14.9. The van der Waals surface area contributed by atoms with Crippen molar-refractivity contribution in [3.63, 3.8) is 0 Å². The summed E-state index contributed by atoms with van der Waals surface area (Å²) in [6.07, 6.45) is 0. The second kappa shape index (κ2) is 10.6. The number of sulfonamides is 1. The van der Waals surface area contributed by atoms with E-state index in [0.717, 1.165) is 5.69 Å². The zero-order chi connectivity index (χ0) is 25.2. The minimum atomic E-state index is -3.81. The lowest BCUT2D eigenvalue weighted by molar-refractivity contribution is 0.102. The average molecular weight is 555 g/mol. The third-order valence-electron chi connectivity index (χ3n) is 5.64. The Morgan fingerprint density at radius 2 is 1.63 bits per heavy atom. The largest absolute Gasteiger partial charge is 0.495 e. The lowest BCUT2D eigenvalue weighted by Crippen LogP contribution is -2.48. The first-order valence-electron chi connectivity index (χ1n) is 10.6. The van der Waals surface area contributed by atoms with Crippen LogP contribution < -0.4 is 15.0 Å². The molecule has 0 saturated carbocycles. The molecule has 184 valence electrons. The van der Waals surface area contributed by atoms with Crippen molar-refractivity contribution in [3.8, 4) is 5.75 Å². The number of nitrogens with one attached hydrogen (secondary N) is 1. The van der Waals surface area contributed by atoms with Crippen molar-refractivity contribution in [1.82, 2.24) is 4.31 Å². The Morgan fingerprint density at radius 1 is 0.914 bits per heavy atom. The highest BCUT2D eigenvalue weighted by Crippen LogP contribution is 2.31. The number of halogens is 3. The third kappa shape index (κ3) is 5.68. The Labute approximate surface area is 219 Å². The third-order valence-corrected chi connectivity index (χ3v) is 8.32. The molecule has 1 aliphatic heterocycles. The SMILES string of the molecule is COc1ccc(S(=O)(=O)N2CCN(c3cccc(Cl)c3)CC2)cc1NC(=O)c1ccc(Cl)cc1Cl. The molecule has 1 fully saturated rings. The van der Waals surface area contributed by atoms with E-state index in [9.17, 15) is 13.2 Å². The number of methoxy groups -OCH3 is 1. The number of hydrogen-bond donors (Lipinski definition) is 1. The fraction of sp³-hybridized carbons (Fsp3) is 0.208. The number of amides is 1. The molecular weight excluding hydrogens is 533 g/mol. The lowest BCUT2D eigenvalue weighted by Gasteiger charge is -2.35. The highest BCUT2D eigenvalue weighted by Gasteiger charge is 2.29. The first-order valence-corrected chi connectivity index (χ1v) is 13.2. The fourth-order valence-corrected chi connectivity index (χ4v) is 5.94. The van der Waals surface area contributed by atoms with Crippen LogP contribution in [-0.2, 0) is 10.0 Å². The zero-order valence-corrected chi connectivity index (χ0v) is 21.8. The highest BCUT2D eigenvalue weighted by molar-refractivity contribution is 7.89. The summed E-state index contributed by atoms with van der Waals surface area (Å²) in [5.74, 6) is -0.206. The van der Waals surface area contributed by atoms with E-state index < -0.39 is 15.9 Å². The van der Waals surface area contributed by atoms with Gasteiger partial charge in [-0.15, -0.1) is 0 Å². The molecule has 1 aliphatic rings. The molecule has 1 N–H and O–H groups in total. The van der Waals surface area contributed by atoms with Gasteiger partial charge >= 0.3 is 0 Å². The van der Waals surface area contributed by atoms with E-state index in [4.69, 9.17) is 39.5 Å². The summed E-state index contributed by atoms with van der Waals surface area (Å²) >= 11 is 18.1. The number of rotatable bonds is 6. The molecule has 0 spiro atoms. The molecule has 0 bridgehead atoms. The van der Waals surface area contributed by atoms with Gasteiger partial charge in [-0.1, -0.05) is 40.9 Å². The Balaban J connectivity index is 1.53. The Bertz CT molecular complexity index is 1360. The normalized spacial score (nSPS) is 14.6.